The normalized spacial score (nSPS) is 17.1. The number of benzene rings is 5. The smallest absolute Gasteiger partial charge is 0.224 e. The maximum Gasteiger partial charge on any atom is 0.224 e. The van der Waals surface area contributed by atoms with Gasteiger partial charge in [-0.2, -0.15) is 0 Å². The van der Waals surface area contributed by atoms with E-state index >= 15 is 0 Å². The van der Waals surface area contributed by atoms with Gasteiger partial charge in [-0.15, -0.1) is 0 Å². The van der Waals surface area contributed by atoms with Gasteiger partial charge in [0.15, 0.2) is 0 Å². The molecule has 0 bridgehead atoms. The monoisotopic (exact) mass is 1040 g/mol. The predicted molar refractivity (Wildman–Crippen MR) is 317 cm³/mol. The van der Waals surface area contributed by atoms with Crippen LogP contribution in [0.1, 0.15) is 136 Å². The van der Waals surface area contributed by atoms with Gasteiger partial charge in [-0.05, 0) is 165 Å². The fraction of sp³-hybridized carbons (Fsp3) is 0.394. The SMILES string of the molecule is CC(C)(C)CC(=O)Nc1ccc(C2Cc3cnc(NCCCN4CCCC4)nc3-c3ccccc32)cc1.C[C@@H](CC(=O)Nc1ccc(C2Cc3cnc(NCCCN4CCCC4)nc3-c3ccccc32)cc1)c1ccccc1. The lowest BCUT2D eigenvalue weighted by atomic mass is 9.78. The molecule has 12 heteroatoms. The number of hydrogen-bond acceptors (Lipinski definition) is 10. The van der Waals surface area contributed by atoms with Gasteiger partial charge in [0.05, 0.1) is 11.4 Å². The maximum atomic E-state index is 12.7. The molecular formula is C66H78N10O2. The summed E-state index contributed by atoms with van der Waals surface area (Å²) in [5, 5.41) is 13.0. The molecule has 4 aliphatic rings. The molecule has 404 valence electrons. The van der Waals surface area contributed by atoms with Crippen LogP contribution >= 0.6 is 0 Å². The Bertz CT molecular complexity index is 3110. The van der Waals surface area contributed by atoms with E-state index in [9.17, 15) is 9.59 Å². The third kappa shape index (κ3) is 14.1. The molecule has 0 spiro atoms. The van der Waals surface area contributed by atoms with Crippen LogP contribution in [0, 0.1) is 5.41 Å². The van der Waals surface area contributed by atoms with Gasteiger partial charge in [0, 0.05) is 72.7 Å². The molecule has 12 nitrogen and oxygen atoms in total. The number of nitrogens with zero attached hydrogens (tertiary/aromatic N) is 6. The first-order valence-corrected chi connectivity index (χ1v) is 28.7. The number of carbonyl (C=O) groups is 2. The number of hydrogen-bond donors (Lipinski definition) is 4. The van der Waals surface area contributed by atoms with Gasteiger partial charge >= 0.3 is 0 Å². The summed E-state index contributed by atoms with van der Waals surface area (Å²) < 4.78 is 0. The van der Waals surface area contributed by atoms with Crippen LogP contribution in [-0.2, 0) is 22.4 Å². The molecule has 11 rings (SSSR count). The van der Waals surface area contributed by atoms with E-state index in [0.717, 1.165) is 74.6 Å². The second-order valence-electron chi connectivity index (χ2n) is 23.1. The highest BCUT2D eigenvalue weighted by Gasteiger charge is 2.30. The maximum absolute atomic E-state index is 12.7. The van der Waals surface area contributed by atoms with E-state index in [1.165, 1.54) is 102 Å². The molecule has 2 fully saturated rings. The van der Waals surface area contributed by atoms with Crippen LogP contribution in [0.25, 0.3) is 22.5 Å². The summed E-state index contributed by atoms with van der Waals surface area (Å²) in [5.41, 5.74) is 14.6. The highest BCUT2D eigenvalue weighted by Crippen LogP contribution is 2.44. The lowest BCUT2D eigenvalue weighted by molar-refractivity contribution is -0.118. The van der Waals surface area contributed by atoms with Crippen LogP contribution in [0.15, 0.2) is 140 Å². The van der Waals surface area contributed by atoms with Crippen molar-refractivity contribution in [1.82, 2.24) is 29.7 Å². The Morgan fingerprint density at radius 2 is 1.00 bits per heavy atom. The van der Waals surface area contributed by atoms with Crippen LogP contribution in [0.5, 0.6) is 0 Å². The Hall–Kier alpha value is -7.28. The van der Waals surface area contributed by atoms with E-state index in [1.54, 1.807) is 0 Å². The fourth-order valence-electron chi connectivity index (χ4n) is 11.7. The molecule has 0 radical (unpaired) electrons. The van der Waals surface area contributed by atoms with Crippen LogP contribution < -0.4 is 21.3 Å². The average Bonchev–Trinajstić information content (AvgIpc) is 4.24. The molecule has 5 aromatic carbocycles. The third-order valence-corrected chi connectivity index (χ3v) is 15.8. The molecule has 2 unspecified atom stereocenters. The van der Waals surface area contributed by atoms with E-state index in [0.29, 0.717) is 24.7 Å². The van der Waals surface area contributed by atoms with Crippen LogP contribution in [0.2, 0.25) is 0 Å². The molecule has 2 aliphatic carbocycles. The van der Waals surface area contributed by atoms with Crippen molar-refractivity contribution < 1.29 is 9.59 Å². The molecule has 2 saturated heterocycles. The summed E-state index contributed by atoms with van der Waals surface area (Å²) in [5.74, 6) is 2.11. The Balaban J connectivity index is 0.000000177. The van der Waals surface area contributed by atoms with Crippen molar-refractivity contribution in [3.05, 3.63) is 179 Å². The first kappa shape index (κ1) is 54.1. The van der Waals surface area contributed by atoms with Gasteiger partial charge in [0.25, 0.3) is 0 Å². The number of anilines is 4. The van der Waals surface area contributed by atoms with Gasteiger partial charge in [-0.1, -0.05) is 131 Å². The quantitative estimate of drug-likeness (QED) is 0.0614. The van der Waals surface area contributed by atoms with Crippen LogP contribution in [0.3, 0.4) is 0 Å². The van der Waals surface area contributed by atoms with E-state index < -0.39 is 0 Å². The number of aromatic nitrogens is 4. The minimum atomic E-state index is -0.0335. The Labute approximate surface area is 462 Å². The molecule has 4 N–H and O–H groups in total. The van der Waals surface area contributed by atoms with Crippen molar-refractivity contribution in [2.75, 3.05) is 73.6 Å². The molecular weight excluding hydrogens is 965 g/mol. The van der Waals surface area contributed by atoms with E-state index in [-0.39, 0.29) is 35.0 Å². The van der Waals surface area contributed by atoms with Gasteiger partial charge in [-0.3, -0.25) is 9.59 Å². The standard InChI is InChI=1S/C35H39N5O.C31H39N5O/c1-25(26-10-3-2-4-11-26)22-33(41)38-29-16-14-27(15-17-29)32-23-28-24-37-35(36-18-9-21-40-19-7-8-20-40)39-34(28)31-13-6-5-12-30(31)32;1-31(2,3)20-28(37)34-24-13-11-22(12-14-24)27-19-23-21-33-30(32-15-8-18-36-16-6-7-17-36)35-29(23)26-10-5-4-9-25(26)27/h2-6,10-17,24-25,32H,7-9,18-23H2,1H3,(H,38,41)(H,36,37,39);4-5,9-14,21,27H,6-8,15-20H2,1-3H3,(H,34,37)(H,32,33,35)/t25-,32?;/m0./s1. The summed E-state index contributed by atoms with van der Waals surface area (Å²) >= 11 is 0. The minimum Gasteiger partial charge on any atom is -0.354 e. The lowest BCUT2D eigenvalue weighted by Crippen LogP contribution is -2.22. The van der Waals surface area contributed by atoms with Crippen molar-refractivity contribution in [2.45, 2.75) is 110 Å². The lowest BCUT2D eigenvalue weighted by Gasteiger charge is -2.27. The van der Waals surface area contributed by atoms with Crippen molar-refractivity contribution in [3.63, 3.8) is 0 Å². The Kier molecular flexibility index (Phi) is 17.7. The highest BCUT2D eigenvalue weighted by atomic mass is 16.2. The highest BCUT2D eigenvalue weighted by molar-refractivity contribution is 5.92. The fourth-order valence-corrected chi connectivity index (χ4v) is 11.7. The number of amides is 2. The molecule has 2 aliphatic heterocycles. The zero-order chi connectivity index (χ0) is 53.8. The number of carbonyl (C=O) groups excluding carboxylic acids is 2. The predicted octanol–water partition coefficient (Wildman–Crippen LogP) is 13.0. The van der Waals surface area contributed by atoms with Crippen molar-refractivity contribution in [1.29, 1.82) is 0 Å². The summed E-state index contributed by atoms with van der Waals surface area (Å²) in [4.78, 5) is 49.4. The molecule has 3 atom stereocenters. The minimum absolute atomic E-state index is 0.0312. The summed E-state index contributed by atoms with van der Waals surface area (Å²) in [7, 11) is 0. The molecule has 0 saturated carbocycles. The average molecular weight is 1040 g/mol. The summed E-state index contributed by atoms with van der Waals surface area (Å²) in [6.07, 6.45) is 14.2. The zero-order valence-electron chi connectivity index (χ0n) is 46.2. The molecule has 7 aromatic rings. The second-order valence-corrected chi connectivity index (χ2v) is 23.1. The number of rotatable bonds is 18. The van der Waals surface area contributed by atoms with E-state index in [4.69, 9.17) is 9.97 Å². The summed E-state index contributed by atoms with van der Waals surface area (Å²) in [6, 6.07) is 44.0. The third-order valence-electron chi connectivity index (χ3n) is 15.8. The second kappa shape index (κ2) is 25.5. The molecule has 78 heavy (non-hydrogen) atoms. The van der Waals surface area contributed by atoms with Crippen LogP contribution in [-0.4, -0.2) is 93.9 Å². The molecule has 2 amide bonds. The number of fused-ring (bicyclic) bond motifs is 6. The van der Waals surface area contributed by atoms with Gasteiger partial charge in [0.1, 0.15) is 0 Å². The van der Waals surface area contributed by atoms with Gasteiger partial charge in [0.2, 0.25) is 23.7 Å². The molecule has 4 heterocycles. The van der Waals surface area contributed by atoms with Gasteiger partial charge < -0.3 is 31.1 Å². The van der Waals surface area contributed by atoms with Crippen molar-refractivity contribution >= 4 is 35.1 Å². The topological polar surface area (TPSA) is 140 Å². The first-order chi connectivity index (χ1) is 38.0. The van der Waals surface area contributed by atoms with Crippen molar-refractivity contribution in [3.8, 4) is 22.5 Å². The number of nitrogens with one attached hydrogen (secondary N) is 4. The molecule has 2 aromatic heterocycles. The Morgan fingerprint density at radius 1 is 0.564 bits per heavy atom. The number of likely N-dealkylation sites (tertiary alicyclic amines) is 2. The van der Waals surface area contributed by atoms with Gasteiger partial charge in [-0.25, -0.2) is 19.9 Å². The van der Waals surface area contributed by atoms with Crippen LogP contribution in [0.4, 0.5) is 23.3 Å². The van der Waals surface area contributed by atoms with E-state index in [1.807, 2.05) is 54.9 Å². The van der Waals surface area contributed by atoms with E-state index in [2.05, 4.69) is 154 Å². The first-order valence-electron chi connectivity index (χ1n) is 28.7. The summed E-state index contributed by atoms with van der Waals surface area (Å²) in [6.45, 7) is 17.3. The largest absolute Gasteiger partial charge is 0.354 e. The zero-order valence-corrected chi connectivity index (χ0v) is 46.2. The Morgan fingerprint density at radius 3 is 1.46 bits per heavy atom. The van der Waals surface area contributed by atoms with Crippen molar-refractivity contribution in [2.24, 2.45) is 5.41 Å².